The molecule has 2 N–H and O–H groups in total. The lowest BCUT2D eigenvalue weighted by Crippen LogP contribution is -2.21. The summed E-state index contributed by atoms with van der Waals surface area (Å²) in [4.78, 5) is 17.5. The zero-order valence-electron chi connectivity index (χ0n) is 17.8. The van der Waals surface area contributed by atoms with Crippen LogP contribution >= 0.6 is 11.3 Å². The van der Waals surface area contributed by atoms with E-state index >= 15 is 0 Å². The van der Waals surface area contributed by atoms with Gasteiger partial charge < -0.3 is 5.73 Å². The third-order valence-electron chi connectivity index (χ3n) is 5.18. The van der Waals surface area contributed by atoms with Crippen molar-refractivity contribution in [1.82, 2.24) is 29.8 Å². The van der Waals surface area contributed by atoms with E-state index in [1.54, 1.807) is 42.6 Å². The second kappa shape index (κ2) is 8.03. The lowest BCUT2D eigenvalue weighted by Gasteiger charge is -2.13. The summed E-state index contributed by atoms with van der Waals surface area (Å²) >= 11 is 1.39. The number of pyridine rings is 1. The molecular weight excluding hydrogens is 481 g/mol. The second-order valence-electron chi connectivity index (χ2n) is 7.43. The molecule has 0 atom stereocenters. The number of hydrogen-bond donors (Lipinski definition) is 1. The number of aromatic nitrogens is 6. The van der Waals surface area contributed by atoms with Crippen LogP contribution in [0.1, 0.15) is 27.4 Å². The maximum atomic E-state index is 14.4. The highest BCUT2D eigenvalue weighted by Gasteiger charge is 2.43. The third kappa shape index (κ3) is 3.69. The Morgan fingerprint density at radius 3 is 2.66 bits per heavy atom. The zero-order valence-corrected chi connectivity index (χ0v) is 18.6. The van der Waals surface area contributed by atoms with Crippen LogP contribution in [-0.2, 0) is 6.18 Å². The summed E-state index contributed by atoms with van der Waals surface area (Å²) in [5.74, 6) is -1.31. The van der Waals surface area contributed by atoms with Crippen molar-refractivity contribution < 1.29 is 18.0 Å². The summed E-state index contributed by atoms with van der Waals surface area (Å²) in [5.41, 5.74) is 3.39. The van der Waals surface area contributed by atoms with Gasteiger partial charge in [-0.25, -0.2) is 9.67 Å². The Bertz CT molecular complexity index is 1660. The number of amides is 1. The third-order valence-corrected chi connectivity index (χ3v) is 6.06. The normalized spacial score (nSPS) is 11.6. The maximum absolute atomic E-state index is 14.4. The van der Waals surface area contributed by atoms with E-state index in [4.69, 9.17) is 5.73 Å². The molecule has 0 aliphatic carbocycles. The number of carbonyl (C=O) groups excluding carboxylic acids is 1. The van der Waals surface area contributed by atoms with Crippen LogP contribution in [0.25, 0.3) is 32.7 Å². The largest absolute Gasteiger partial charge is 0.434 e. The van der Waals surface area contributed by atoms with Crippen LogP contribution < -0.4 is 5.73 Å². The number of fused-ring (bicyclic) bond motifs is 1. The Balaban J connectivity index is 1.86. The SMILES string of the molecule is Cc1cnn(-c2cnc(C#N)c(-n3nc(-c4cccc5sccc45)c(C(N)=O)c3C(F)(F)F)c2)n1. The van der Waals surface area contributed by atoms with Gasteiger partial charge in [-0.2, -0.15) is 33.7 Å². The number of hydrogen-bond acceptors (Lipinski definition) is 7. The Morgan fingerprint density at radius 2 is 2.00 bits per heavy atom. The van der Waals surface area contributed by atoms with E-state index in [1.807, 2.05) is 0 Å². The minimum atomic E-state index is -5.04. The molecule has 0 bridgehead atoms. The first kappa shape index (κ1) is 22.2. The molecule has 1 aromatic carbocycles. The second-order valence-corrected chi connectivity index (χ2v) is 8.38. The molecule has 0 radical (unpaired) electrons. The van der Waals surface area contributed by atoms with Crippen LogP contribution in [0.4, 0.5) is 13.2 Å². The van der Waals surface area contributed by atoms with E-state index in [0.29, 0.717) is 21.3 Å². The number of rotatable bonds is 4. The molecule has 1 amide bonds. The maximum Gasteiger partial charge on any atom is 0.434 e. The molecule has 174 valence electrons. The molecule has 0 aliphatic heterocycles. The molecule has 4 aromatic heterocycles. The van der Waals surface area contributed by atoms with Gasteiger partial charge in [-0.15, -0.1) is 16.1 Å². The van der Waals surface area contributed by atoms with Crippen molar-refractivity contribution in [3.05, 3.63) is 70.8 Å². The lowest BCUT2D eigenvalue weighted by atomic mass is 10.0. The van der Waals surface area contributed by atoms with Crippen LogP contribution in [-0.4, -0.2) is 35.7 Å². The molecule has 0 spiro atoms. The Hall–Kier alpha value is -4.57. The Labute approximate surface area is 198 Å². The molecule has 0 saturated heterocycles. The standard InChI is InChI=1S/C22H13F3N8OS/c1-11-9-29-33(30-11)12-7-16(15(8-26)28-10-12)32-20(22(23,24)25)18(21(27)34)19(31-32)14-3-2-4-17-13(14)5-6-35-17/h2-7,9-10H,1H3,(H2,27,34). The number of aryl methyl sites for hydroxylation is 1. The fourth-order valence-corrected chi connectivity index (χ4v) is 4.55. The number of thiophene rings is 1. The van der Waals surface area contributed by atoms with Crippen molar-refractivity contribution >= 4 is 27.3 Å². The average Bonchev–Trinajstić information content (AvgIpc) is 3.55. The van der Waals surface area contributed by atoms with E-state index in [9.17, 15) is 23.2 Å². The summed E-state index contributed by atoms with van der Waals surface area (Å²) in [6.45, 7) is 1.69. The molecule has 35 heavy (non-hydrogen) atoms. The molecule has 5 aromatic rings. The van der Waals surface area contributed by atoms with Crippen molar-refractivity contribution in [2.45, 2.75) is 13.1 Å². The van der Waals surface area contributed by atoms with Crippen molar-refractivity contribution in [1.29, 1.82) is 5.26 Å². The first-order chi connectivity index (χ1) is 16.7. The first-order valence-corrected chi connectivity index (χ1v) is 10.8. The highest BCUT2D eigenvalue weighted by molar-refractivity contribution is 7.17. The summed E-state index contributed by atoms with van der Waals surface area (Å²) < 4.78 is 44.5. The number of nitrogens with zero attached hydrogens (tertiary/aromatic N) is 7. The van der Waals surface area contributed by atoms with Gasteiger partial charge in [0, 0.05) is 15.6 Å². The average molecular weight is 494 g/mol. The molecule has 5 rings (SSSR count). The van der Waals surface area contributed by atoms with Crippen LogP contribution in [0.3, 0.4) is 0 Å². The summed E-state index contributed by atoms with van der Waals surface area (Å²) in [7, 11) is 0. The van der Waals surface area contributed by atoms with Gasteiger partial charge in [0.05, 0.1) is 23.7 Å². The Morgan fingerprint density at radius 1 is 1.20 bits per heavy atom. The van der Waals surface area contributed by atoms with Gasteiger partial charge in [-0.1, -0.05) is 12.1 Å². The van der Waals surface area contributed by atoms with E-state index in [2.05, 4.69) is 20.3 Å². The number of benzene rings is 1. The monoisotopic (exact) mass is 494 g/mol. The van der Waals surface area contributed by atoms with Gasteiger partial charge >= 0.3 is 6.18 Å². The summed E-state index contributed by atoms with van der Waals surface area (Å²) in [6.07, 6.45) is -2.33. The molecule has 4 heterocycles. The predicted molar refractivity (Wildman–Crippen MR) is 120 cm³/mol. The van der Waals surface area contributed by atoms with Crippen LogP contribution in [0.2, 0.25) is 0 Å². The van der Waals surface area contributed by atoms with Gasteiger partial charge in [0.2, 0.25) is 0 Å². The van der Waals surface area contributed by atoms with E-state index in [0.717, 1.165) is 9.50 Å². The predicted octanol–water partition coefficient (Wildman–Crippen LogP) is 4.03. The van der Waals surface area contributed by atoms with Gasteiger partial charge in [-0.3, -0.25) is 4.79 Å². The van der Waals surface area contributed by atoms with Gasteiger partial charge in [-0.05, 0) is 30.5 Å². The minimum absolute atomic E-state index is 0.192. The topological polar surface area (TPSA) is 128 Å². The van der Waals surface area contributed by atoms with Gasteiger partial charge in [0.25, 0.3) is 5.91 Å². The van der Waals surface area contributed by atoms with Crippen molar-refractivity contribution in [2.24, 2.45) is 5.73 Å². The number of alkyl halides is 3. The molecular formula is C22H13F3N8OS. The number of nitriles is 1. The molecule has 0 aliphatic rings. The summed E-state index contributed by atoms with van der Waals surface area (Å²) in [6, 6.07) is 9.76. The number of nitrogens with two attached hydrogens (primary N) is 1. The molecule has 0 unspecified atom stereocenters. The highest BCUT2D eigenvalue weighted by Crippen LogP contribution is 2.41. The van der Waals surface area contributed by atoms with Gasteiger partial charge in [0.15, 0.2) is 11.4 Å². The Kier molecular flexibility index (Phi) is 5.10. The number of primary amides is 1. The fraction of sp³-hybridized carbons (Fsp3) is 0.0909. The van der Waals surface area contributed by atoms with E-state index < -0.39 is 23.3 Å². The molecule has 9 nitrogen and oxygen atoms in total. The van der Waals surface area contributed by atoms with Crippen LogP contribution in [0.15, 0.2) is 48.1 Å². The van der Waals surface area contributed by atoms with Gasteiger partial charge in [0.1, 0.15) is 23.1 Å². The smallest absolute Gasteiger partial charge is 0.365 e. The lowest BCUT2D eigenvalue weighted by molar-refractivity contribution is -0.143. The van der Waals surface area contributed by atoms with E-state index in [-0.39, 0.29) is 22.8 Å². The highest BCUT2D eigenvalue weighted by atomic mass is 32.1. The molecule has 0 saturated carbocycles. The zero-order chi connectivity index (χ0) is 24.9. The van der Waals surface area contributed by atoms with E-state index in [1.165, 1.54) is 29.8 Å². The molecule has 13 heteroatoms. The number of carbonyl (C=O) groups is 1. The fourth-order valence-electron chi connectivity index (χ4n) is 3.74. The van der Waals surface area contributed by atoms with Crippen LogP contribution in [0, 0.1) is 18.3 Å². The minimum Gasteiger partial charge on any atom is -0.365 e. The van der Waals surface area contributed by atoms with Crippen LogP contribution in [0.5, 0.6) is 0 Å². The quantitative estimate of drug-likeness (QED) is 0.402. The first-order valence-electron chi connectivity index (χ1n) is 9.95. The molecule has 0 fully saturated rings. The number of halogens is 3. The van der Waals surface area contributed by atoms with Crippen molar-refractivity contribution in [3.63, 3.8) is 0 Å². The van der Waals surface area contributed by atoms with Crippen molar-refractivity contribution in [2.75, 3.05) is 0 Å². The van der Waals surface area contributed by atoms with Crippen molar-refractivity contribution in [3.8, 4) is 28.7 Å². The summed E-state index contributed by atoms with van der Waals surface area (Å²) in [5, 5.41) is 24.3.